The Bertz CT molecular complexity index is 1110. The molecule has 9 heteroatoms. The van der Waals surface area contributed by atoms with Gasteiger partial charge in [-0.3, -0.25) is 0 Å². The van der Waals surface area contributed by atoms with Gasteiger partial charge < -0.3 is 26.3 Å². The summed E-state index contributed by atoms with van der Waals surface area (Å²) in [5.74, 6) is 0.672. The highest BCUT2D eigenvalue weighted by atomic mass is 35.5. The van der Waals surface area contributed by atoms with Crippen LogP contribution in [-0.4, -0.2) is 22.3 Å². The van der Waals surface area contributed by atoms with Crippen molar-refractivity contribution in [2.45, 2.75) is 25.9 Å². The number of halogens is 3. The maximum atomic E-state index is 13.9. The first-order valence-corrected chi connectivity index (χ1v) is 10.5. The van der Waals surface area contributed by atoms with Crippen LogP contribution in [0.3, 0.4) is 0 Å². The Labute approximate surface area is 190 Å². The molecule has 0 aliphatic rings. The number of aromatic nitrogens is 2. The smallest absolute Gasteiger partial charge is 0.143 e. The van der Waals surface area contributed by atoms with Crippen molar-refractivity contribution in [3.63, 3.8) is 0 Å². The maximum absolute atomic E-state index is 13.9. The van der Waals surface area contributed by atoms with Crippen LogP contribution in [0.1, 0.15) is 24.1 Å². The third-order valence-electron chi connectivity index (χ3n) is 4.86. The Balaban J connectivity index is 1.90. The molecule has 0 saturated carbocycles. The van der Waals surface area contributed by atoms with Gasteiger partial charge in [0.2, 0.25) is 0 Å². The van der Waals surface area contributed by atoms with Crippen LogP contribution < -0.4 is 16.4 Å². The van der Waals surface area contributed by atoms with Crippen LogP contribution in [-0.2, 0) is 13.1 Å². The van der Waals surface area contributed by atoms with E-state index in [1.54, 1.807) is 24.3 Å². The Kier molecular flexibility index (Phi) is 7.97. The fourth-order valence-corrected chi connectivity index (χ4v) is 3.49. The van der Waals surface area contributed by atoms with Crippen molar-refractivity contribution in [1.82, 2.24) is 14.9 Å². The van der Waals surface area contributed by atoms with Crippen molar-refractivity contribution in [2.24, 2.45) is 5.73 Å². The highest BCUT2D eigenvalue weighted by molar-refractivity contribution is 6.33. The molecule has 3 aromatic rings. The van der Waals surface area contributed by atoms with Crippen LogP contribution in [0.15, 0.2) is 54.9 Å². The zero-order valence-corrected chi connectivity index (χ0v) is 18.2. The molecule has 6 nitrogen and oxygen atoms in total. The lowest BCUT2D eigenvalue weighted by Gasteiger charge is -2.17. The molecule has 0 saturated heterocycles. The number of unbranched alkanes of at least 4 members (excludes halogenated alkanes) is 1. The van der Waals surface area contributed by atoms with E-state index in [9.17, 15) is 8.78 Å². The molecular formula is C23H25ClF2N6. The molecule has 0 atom stereocenters. The van der Waals surface area contributed by atoms with Crippen molar-refractivity contribution >= 4 is 23.6 Å². The van der Waals surface area contributed by atoms with Crippen LogP contribution in [0.25, 0.3) is 11.4 Å². The molecule has 0 bridgehead atoms. The molecule has 2 aromatic carbocycles. The summed E-state index contributed by atoms with van der Waals surface area (Å²) < 4.78 is 29.3. The van der Waals surface area contributed by atoms with Gasteiger partial charge in [-0.2, -0.15) is 0 Å². The van der Waals surface area contributed by atoms with Crippen molar-refractivity contribution in [3.05, 3.63) is 82.8 Å². The molecule has 5 N–H and O–H groups in total. The number of nitrogens with one attached hydrogen (secondary N) is 3. The van der Waals surface area contributed by atoms with E-state index < -0.39 is 5.82 Å². The van der Waals surface area contributed by atoms with Gasteiger partial charge in [0.15, 0.2) is 0 Å². The topological polar surface area (TPSA) is 91.7 Å². The second kappa shape index (κ2) is 10.9. The molecule has 0 radical (unpaired) electrons. The third kappa shape index (κ3) is 5.52. The number of nitrogens with two attached hydrogens (primary N) is 1. The summed E-state index contributed by atoms with van der Waals surface area (Å²) in [6, 6.07) is 10.6. The SMILES string of the molecule is C=C(NCc1ccccc1F)Nc1c(C=N)nc(-c2ccc(F)cc2Cl)n1CCCCN. The van der Waals surface area contributed by atoms with E-state index >= 15 is 0 Å². The van der Waals surface area contributed by atoms with Crippen molar-refractivity contribution in [1.29, 1.82) is 5.41 Å². The monoisotopic (exact) mass is 458 g/mol. The predicted octanol–water partition coefficient (Wildman–Crippen LogP) is 4.89. The van der Waals surface area contributed by atoms with Gasteiger partial charge in [-0.25, -0.2) is 13.8 Å². The van der Waals surface area contributed by atoms with E-state index in [1.807, 2.05) is 4.57 Å². The Morgan fingerprint density at radius 1 is 1.22 bits per heavy atom. The number of hydrogen-bond acceptors (Lipinski definition) is 5. The Hall–Kier alpha value is -3.23. The van der Waals surface area contributed by atoms with Gasteiger partial charge in [0.05, 0.1) is 10.8 Å². The van der Waals surface area contributed by atoms with Gasteiger partial charge in [-0.1, -0.05) is 36.4 Å². The molecule has 0 aliphatic heterocycles. The molecule has 0 amide bonds. The normalized spacial score (nSPS) is 10.8. The van der Waals surface area contributed by atoms with Crippen LogP contribution in [0, 0.1) is 17.0 Å². The first kappa shape index (κ1) is 23.4. The first-order chi connectivity index (χ1) is 15.4. The molecule has 0 fully saturated rings. The third-order valence-corrected chi connectivity index (χ3v) is 5.17. The zero-order chi connectivity index (χ0) is 23.1. The first-order valence-electron chi connectivity index (χ1n) is 10.1. The second-order valence-corrected chi connectivity index (χ2v) is 7.54. The quantitative estimate of drug-likeness (QED) is 0.243. The molecule has 0 aliphatic carbocycles. The van der Waals surface area contributed by atoms with E-state index in [0.717, 1.165) is 19.1 Å². The van der Waals surface area contributed by atoms with E-state index in [-0.39, 0.29) is 17.4 Å². The van der Waals surface area contributed by atoms with Crippen molar-refractivity contribution in [2.75, 3.05) is 11.9 Å². The van der Waals surface area contributed by atoms with Crippen molar-refractivity contribution < 1.29 is 8.78 Å². The second-order valence-electron chi connectivity index (χ2n) is 7.13. The van der Waals surface area contributed by atoms with Crippen LogP contribution in [0.2, 0.25) is 5.02 Å². The maximum Gasteiger partial charge on any atom is 0.143 e. The molecule has 32 heavy (non-hydrogen) atoms. The molecule has 0 unspecified atom stereocenters. The number of nitrogens with zero attached hydrogens (tertiary/aromatic N) is 2. The molecule has 3 rings (SSSR count). The summed E-state index contributed by atoms with van der Waals surface area (Å²) in [7, 11) is 0. The summed E-state index contributed by atoms with van der Waals surface area (Å²) in [6.45, 7) is 5.28. The van der Waals surface area contributed by atoms with Gasteiger partial charge >= 0.3 is 0 Å². The predicted molar refractivity (Wildman–Crippen MR) is 125 cm³/mol. The van der Waals surface area contributed by atoms with Gasteiger partial charge in [-0.05, 0) is 43.7 Å². The standard InChI is InChI=1S/C23H25ClF2N6/c1-15(29-14-16-6-2-3-7-20(16)26)30-23-21(13-28)31-22(32(23)11-5-4-10-27)18-9-8-17(25)12-19(18)24/h2-3,6-9,12-13,28-30H,1,4-5,10-11,14,27H2. The lowest BCUT2D eigenvalue weighted by molar-refractivity contribution is 0.601. The number of hydrogen-bond donors (Lipinski definition) is 4. The minimum atomic E-state index is -0.448. The molecule has 1 heterocycles. The van der Waals surface area contributed by atoms with Gasteiger partial charge in [0.25, 0.3) is 0 Å². The fourth-order valence-electron chi connectivity index (χ4n) is 3.24. The summed E-state index contributed by atoms with van der Waals surface area (Å²) in [6.07, 6.45) is 2.67. The number of imidazole rings is 1. The van der Waals surface area contributed by atoms with Crippen LogP contribution in [0.5, 0.6) is 0 Å². The van der Waals surface area contributed by atoms with E-state index in [0.29, 0.717) is 47.4 Å². The minimum Gasteiger partial charge on any atom is -0.368 e. The number of rotatable bonds is 11. The Morgan fingerprint density at radius 3 is 2.69 bits per heavy atom. The van der Waals surface area contributed by atoms with Crippen LogP contribution in [0.4, 0.5) is 14.6 Å². The average Bonchev–Trinajstić information content (AvgIpc) is 3.10. The molecule has 1 aromatic heterocycles. The summed E-state index contributed by atoms with van der Waals surface area (Å²) >= 11 is 6.28. The molecular weight excluding hydrogens is 434 g/mol. The minimum absolute atomic E-state index is 0.217. The van der Waals surface area contributed by atoms with E-state index in [1.165, 1.54) is 18.2 Å². The lowest BCUT2D eigenvalue weighted by Crippen LogP contribution is -2.21. The number of benzene rings is 2. The fraction of sp³-hybridized carbons (Fsp3) is 0.217. The summed E-state index contributed by atoms with van der Waals surface area (Å²) in [4.78, 5) is 4.54. The molecule has 0 spiro atoms. The van der Waals surface area contributed by atoms with Gasteiger partial charge in [0.1, 0.15) is 29.0 Å². The van der Waals surface area contributed by atoms with E-state index in [2.05, 4.69) is 22.2 Å². The zero-order valence-electron chi connectivity index (χ0n) is 17.5. The van der Waals surface area contributed by atoms with Gasteiger partial charge in [0, 0.05) is 30.4 Å². The Morgan fingerprint density at radius 2 is 2.00 bits per heavy atom. The summed E-state index contributed by atoms with van der Waals surface area (Å²) in [5.41, 5.74) is 7.05. The largest absolute Gasteiger partial charge is 0.368 e. The summed E-state index contributed by atoms with van der Waals surface area (Å²) in [5, 5.41) is 14.2. The highest BCUT2D eigenvalue weighted by Crippen LogP contribution is 2.32. The van der Waals surface area contributed by atoms with Gasteiger partial charge in [-0.15, -0.1) is 0 Å². The highest BCUT2D eigenvalue weighted by Gasteiger charge is 2.20. The van der Waals surface area contributed by atoms with E-state index in [4.69, 9.17) is 22.7 Å². The molecule has 168 valence electrons. The van der Waals surface area contributed by atoms with Crippen LogP contribution >= 0.6 is 11.6 Å². The lowest BCUT2D eigenvalue weighted by atomic mass is 10.2. The van der Waals surface area contributed by atoms with Crippen molar-refractivity contribution in [3.8, 4) is 11.4 Å². The number of anilines is 1. The average molecular weight is 459 g/mol.